The maximum absolute atomic E-state index is 6.95. The average molecular weight is 1110 g/mol. The van der Waals surface area contributed by atoms with Gasteiger partial charge in [0, 0.05) is 26.8 Å². The second kappa shape index (κ2) is 23.1. The van der Waals surface area contributed by atoms with Gasteiger partial charge in [0.2, 0.25) is 0 Å². The van der Waals surface area contributed by atoms with Crippen molar-refractivity contribution in [3.63, 3.8) is 0 Å². The standard InChI is InChI=1S/C79H57N3P2/c1-10-28-58(29-11-1)67-46-68(59-30-12-2-13-31-59)51-75(50-67)83(76-52-69(60-32-14-3-15-33-60)47-70(53-76)61-34-16-4-17-35-61)80-79(66-44-26-9-27-45-66)81-84(82-83,77-54-71(62-36-18-5-19-37-62)48-72(55-77)63-38-20-6-21-39-63)78-56-73(64-40-22-7-23-41-64)49-74(57-78)65-42-24-8-25-43-65/h1-57H. The molecule has 13 aromatic carbocycles. The summed E-state index contributed by atoms with van der Waals surface area (Å²) in [7, 11) is -7.08. The van der Waals surface area contributed by atoms with Crippen LogP contribution < -0.4 is 21.2 Å². The van der Waals surface area contributed by atoms with E-state index in [4.69, 9.17) is 14.0 Å². The Morgan fingerprint density at radius 1 is 0.167 bits per heavy atom. The van der Waals surface area contributed by atoms with Crippen LogP contribution in [0.5, 0.6) is 0 Å². The zero-order valence-electron chi connectivity index (χ0n) is 46.1. The Labute approximate surface area is 492 Å². The predicted molar refractivity (Wildman–Crippen MR) is 359 cm³/mol. The van der Waals surface area contributed by atoms with Crippen LogP contribution in [0.25, 0.3) is 89.0 Å². The van der Waals surface area contributed by atoms with E-state index in [1.807, 2.05) is 0 Å². The number of rotatable bonds is 13. The lowest BCUT2D eigenvalue weighted by atomic mass is 9.99. The molecule has 5 heteroatoms. The molecular weight excluding hydrogens is 1050 g/mol. The van der Waals surface area contributed by atoms with Crippen molar-refractivity contribution in [1.82, 2.24) is 0 Å². The number of hydrogen-bond acceptors (Lipinski definition) is 3. The van der Waals surface area contributed by atoms with Crippen LogP contribution in [-0.4, -0.2) is 5.84 Å². The Morgan fingerprint density at radius 3 is 0.548 bits per heavy atom. The molecule has 13 aromatic rings. The van der Waals surface area contributed by atoms with Gasteiger partial charge in [-0.15, -0.1) is 0 Å². The molecule has 0 aliphatic carbocycles. The third-order valence-corrected chi connectivity index (χ3v) is 22.7. The zero-order valence-corrected chi connectivity index (χ0v) is 47.9. The molecule has 0 saturated carbocycles. The van der Waals surface area contributed by atoms with Gasteiger partial charge in [0.15, 0.2) is 5.84 Å². The SMILES string of the molecule is c1ccc(C2=NP(c3cc(-c4ccccc4)cc(-c4ccccc4)c3)(c3cc(-c4ccccc4)cc(-c4ccccc4)c3)=NP(c3cc(-c4ccccc4)cc(-c4ccccc4)c3)(c3cc(-c4ccccc4)cc(-c4ccccc4)c3)=N2)cc1. The largest absolute Gasteiger partial charge is 0.223 e. The predicted octanol–water partition coefficient (Wildman–Crippen LogP) is 20.3. The first-order valence-electron chi connectivity index (χ1n) is 28.5. The van der Waals surface area contributed by atoms with Gasteiger partial charge in [-0.2, -0.15) is 0 Å². The maximum Gasteiger partial charge on any atom is 0.161 e. The number of nitrogens with zero attached hydrogens (tertiary/aromatic N) is 3. The van der Waals surface area contributed by atoms with E-state index >= 15 is 0 Å². The fourth-order valence-electron chi connectivity index (χ4n) is 11.5. The molecule has 0 fully saturated rings. The van der Waals surface area contributed by atoms with Crippen molar-refractivity contribution in [1.29, 1.82) is 0 Å². The normalized spacial score (nSPS) is 13.2. The summed E-state index contributed by atoms with van der Waals surface area (Å²) >= 11 is 0. The van der Waals surface area contributed by atoms with Crippen molar-refractivity contribution < 1.29 is 0 Å². The van der Waals surface area contributed by atoms with Crippen molar-refractivity contribution >= 4 is 41.5 Å². The molecular formula is C79H57N3P2. The summed E-state index contributed by atoms with van der Waals surface area (Å²) in [6, 6.07) is 125. The number of hydrogen-bond donors (Lipinski definition) is 0. The summed E-state index contributed by atoms with van der Waals surface area (Å²) in [4.78, 5) is 0. The van der Waals surface area contributed by atoms with Gasteiger partial charge in [0.05, 0.1) is 0 Å². The van der Waals surface area contributed by atoms with Crippen LogP contribution in [0.3, 0.4) is 0 Å². The van der Waals surface area contributed by atoms with Crippen LogP contribution in [-0.2, 0) is 0 Å². The lowest BCUT2D eigenvalue weighted by Crippen LogP contribution is -2.24. The van der Waals surface area contributed by atoms with Crippen molar-refractivity contribution in [3.8, 4) is 89.0 Å². The van der Waals surface area contributed by atoms with E-state index in [9.17, 15) is 0 Å². The van der Waals surface area contributed by atoms with Gasteiger partial charge in [-0.3, -0.25) is 0 Å². The minimum Gasteiger partial charge on any atom is -0.223 e. The summed E-state index contributed by atoms with van der Waals surface area (Å²) in [6.45, 7) is 0. The van der Waals surface area contributed by atoms with Crippen molar-refractivity contribution in [2.75, 3.05) is 0 Å². The number of benzene rings is 13. The Hall–Kier alpha value is -10.0. The molecule has 0 radical (unpaired) electrons. The van der Waals surface area contributed by atoms with Crippen LogP contribution in [0, 0.1) is 0 Å². The molecule has 14 rings (SSSR count). The molecule has 3 nitrogen and oxygen atoms in total. The Bertz CT molecular complexity index is 3870. The zero-order chi connectivity index (χ0) is 56.1. The van der Waals surface area contributed by atoms with Crippen LogP contribution in [0.1, 0.15) is 5.56 Å². The smallest absolute Gasteiger partial charge is 0.161 e. The van der Waals surface area contributed by atoms with Crippen molar-refractivity contribution in [2.24, 2.45) is 14.0 Å². The van der Waals surface area contributed by atoms with Crippen molar-refractivity contribution in [2.45, 2.75) is 0 Å². The second-order valence-electron chi connectivity index (χ2n) is 21.2. The van der Waals surface area contributed by atoms with Gasteiger partial charge in [-0.25, -0.2) is 14.0 Å². The first kappa shape index (κ1) is 52.1. The maximum atomic E-state index is 6.95. The monoisotopic (exact) mass is 1110 g/mol. The van der Waals surface area contributed by atoms with Gasteiger partial charge >= 0.3 is 0 Å². The van der Waals surface area contributed by atoms with E-state index < -0.39 is 14.4 Å². The van der Waals surface area contributed by atoms with E-state index in [1.54, 1.807) is 0 Å². The molecule has 0 unspecified atom stereocenters. The van der Waals surface area contributed by atoms with E-state index in [-0.39, 0.29) is 0 Å². The fraction of sp³-hybridized carbons (Fsp3) is 0. The van der Waals surface area contributed by atoms with E-state index in [0.29, 0.717) is 5.84 Å². The van der Waals surface area contributed by atoms with Crippen LogP contribution >= 0.6 is 14.4 Å². The molecule has 84 heavy (non-hydrogen) atoms. The molecule has 0 saturated heterocycles. The van der Waals surface area contributed by atoms with Gasteiger partial charge in [-0.05, 0) is 162 Å². The fourth-order valence-corrected chi connectivity index (χ4v) is 19.5. The highest BCUT2D eigenvalue weighted by atomic mass is 31.2. The summed E-state index contributed by atoms with van der Waals surface area (Å²) in [5.74, 6) is 0.669. The summed E-state index contributed by atoms with van der Waals surface area (Å²) < 4.78 is 19.7. The van der Waals surface area contributed by atoms with Gasteiger partial charge in [-0.1, -0.05) is 273 Å². The molecule has 0 spiro atoms. The molecule has 1 aliphatic heterocycles. The Balaban J connectivity index is 1.23. The van der Waals surface area contributed by atoms with Gasteiger partial charge < -0.3 is 0 Å². The van der Waals surface area contributed by atoms with Gasteiger partial charge in [0.25, 0.3) is 0 Å². The molecule has 0 N–H and O–H groups in total. The third-order valence-electron chi connectivity index (χ3n) is 15.7. The summed E-state index contributed by atoms with van der Waals surface area (Å²) in [6.07, 6.45) is 0. The third kappa shape index (κ3) is 10.5. The molecule has 0 amide bonds. The molecule has 1 aliphatic rings. The van der Waals surface area contributed by atoms with E-state index in [2.05, 4.69) is 346 Å². The molecule has 0 atom stereocenters. The van der Waals surface area contributed by atoms with Crippen LogP contribution in [0.15, 0.2) is 360 Å². The lowest BCUT2D eigenvalue weighted by molar-refractivity contribution is 1.51. The average Bonchev–Trinajstić information content (AvgIpc) is 2.47. The summed E-state index contributed by atoms with van der Waals surface area (Å²) in [5, 5.41) is 4.13. The highest BCUT2D eigenvalue weighted by molar-refractivity contribution is 7.91. The molecule has 398 valence electrons. The summed E-state index contributed by atoms with van der Waals surface area (Å²) in [5.41, 5.74) is 18.5. The number of amidine groups is 1. The lowest BCUT2D eigenvalue weighted by Gasteiger charge is -2.34. The van der Waals surface area contributed by atoms with E-state index in [0.717, 1.165) is 116 Å². The van der Waals surface area contributed by atoms with Crippen LogP contribution in [0.4, 0.5) is 0 Å². The highest BCUT2D eigenvalue weighted by Gasteiger charge is 2.39. The van der Waals surface area contributed by atoms with Gasteiger partial charge in [0.1, 0.15) is 14.4 Å². The Morgan fingerprint density at radius 2 is 0.345 bits per heavy atom. The first-order valence-corrected chi connectivity index (χ1v) is 31.9. The van der Waals surface area contributed by atoms with E-state index in [1.165, 1.54) is 0 Å². The first-order chi connectivity index (χ1) is 41.5. The quantitative estimate of drug-likeness (QED) is 0.103. The highest BCUT2D eigenvalue weighted by Crippen LogP contribution is 2.67. The van der Waals surface area contributed by atoms with Crippen LogP contribution in [0.2, 0.25) is 0 Å². The minimum absolute atomic E-state index is 0.669. The molecule has 0 bridgehead atoms. The van der Waals surface area contributed by atoms with Crippen molar-refractivity contribution in [3.05, 3.63) is 351 Å². The molecule has 1 heterocycles. The minimum atomic E-state index is -3.54. The topological polar surface area (TPSA) is 37.1 Å². The second-order valence-corrected chi connectivity index (χ2v) is 26.8. The molecule has 0 aromatic heterocycles. The Kier molecular flexibility index (Phi) is 14.3.